The summed E-state index contributed by atoms with van der Waals surface area (Å²) in [6, 6.07) is -0.357. The molecule has 0 heterocycles. The van der Waals surface area contributed by atoms with E-state index in [1.165, 1.54) is 0 Å². The summed E-state index contributed by atoms with van der Waals surface area (Å²) in [5.41, 5.74) is 0. The molecule has 46 heavy (non-hydrogen) atoms. The zero-order chi connectivity index (χ0) is 36.1. The zero-order valence-electron chi connectivity index (χ0n) is 24.6. The fourth-order valence-corrected chi connectivity index (χ4v) is 9.54. The highest BCUT2D eigenvalue weighted by atomic mass is 35.8. The first-order valence-electron chi connectivity index (χ1n) is 14.6. The Morgan fingerprint density at radius 3 is 1.15 bits per heavy atom. The first-order valence-corrected chi connectivity index (χ1v) is 24.3. The van der Waals surface area contributed by atoms with Gasteiger partial charge in [-0.3, -0.25) is 0 Å². The Labute approximate surface area is 286 Å². The number of rotatable bonds is 26. The first-order chi connectivity index (χ1) is 20.7. The minimum Gasteiger partial charge on any atom is -0.381 e. The Morgan fingerprint density at radius 2 is 0.739 bits per heavy atom. The minimum atomic E-state index is -7.88. The highest BCUT2D eigenvalue weighted by Crippen LogP contribution is 2.60. The Hall–Kier alpha value is 0.934. The van der Waals surface area contributed by atoms with Crippen LogP contribution < -0.4 is 0 Å². The maximum atomic E-state index is 13.8. The number of alkyl halides is 13. The third-order valence-corrected chi connectivity index (χ3v) is 14.2. The Morgan fingerprint density at radius 1 is 0.391 bits per heavy atom. The van der Waals surface area contributed by atoms with Gasteiger partial charge in [-0.15, -0.1) is 55.4 Å². The summed E-state index contributed by atoms with van der Waals surface area (Å²) < 4.78 is 175. The van der Waals surface area contributed by atoms with Crippen molar-refractivity contribution in [3.8, 4) is 0 Å². The van der Waals surface area contributed by atoms with Crippen molar-refractivity contribution in [2.24, 2.45) is 0 Å². The number of unbranched alkanes of at least 4 members (excludes halogenated alkanes) is 10. The van der Waals surface area contributed by atoms with Crippen LogP contribution in [-0.4, -0.2) is 61.7 Å². The van der Waals surface area contributed by atoms with Gasteiger partial charge >= 0.3 is 41.8 Å². The van der Waals surface area contributed by atoms with E-state index < -0.39 is 67.9 Å². The van der Waals surface area contributed by atoms with Crippen LogP contribution in [0.4, 0.5) is 57.1 Å². The van der Waals surface area contributed by atoms with E-state index in [2.05, 4.69) is 0 Å². The van der Waals surface area contributed by atoms with E-state index in [-0.39, 0.29) is 6.61 Å². The molecule has 0 atom stereocenters. The third kappa shape index (κ3) is 15.0. The predicted octanol–water partition coefficient (Wildman–Crippen LogP) is 13.8. The van der Waals surface area contributed by atoms with Gasteiger partial charge in [0.15, 0.2) is 0 Å². The molecule has 278 valence electrons. The number of ether oxygens (including phenoxy) is 1. The van der Waals surface area contributed by atoms with E-state index in [1.807, 2.05) is 0 Å². The molecule has 0 aliphatic heterocycles. The van der Waals surface area contributed by atoms with Crippen LogP contribution in [0.15, 0.2) is 0 Å². The highest BCUT2D eigenvalue weighted by Gasteiger charge is 2.90. The number of hydrogen-bond donors (Lipinski definition) is 0. The molecule has 0 aliphatic carbocycles. The average Bonchev–Trinajstić information content (AvgIpc) is 2.89. The molecule has 0 aromatic rings. The van der Waals surface area contributed by atoms with Crippen LogP contribution in [-0.2, 0) is 4.74 Å². The van der Waals surface area contributed by atoms with Crippen LogP contribution in [0.2, 0.25) is 18.1 Å². The summed E-state index contributed by atoms with van der Waals surface area (Å²) >= 11 is 30.6. The van der Waals surface area contributed by atoms with Gasteiger partial charge in [0.05, 0.1) is 0 Å². The first kappa shape index (κ1) is 46.9. The van der Waals surface area contributed by atoms with Crippen LogP contribution in [0.1, 0.15) is 89.9 Å². The second-order valence-corrected chi connectivity index (χ2v) is 28.1. The van der Waals surface area contributed by atoms with E-state index in [9.17, 15) is 57.1 Å². The summed E-state index contributed by atoms with van der Waals surface area (Å²) in [7, 11) is 0. The van der Waals surface area contributed by atoms with Gasteiger partial charge in [0.1, 0.15) is 0 Å². The van der Waals surface area contributed by atoms with E-state index >= 15 is 0 Å². The topological polar surface area (TPSA) is 9.23 Å². The molecule has 0 saturated carbocycles. The molecule has 0 saturated heterocycles. The van der Waals surface area contributed by atoms with Crippen LogP contribution >= 0.6 is 55.4 Å². The fraction of sp³-hybridized carbons (Fsp3) is 1.00. The fourth-order valence-electron chi connectivity index (χ4n) is 4.29. The van der Waals surface area contributed by atoms with Crippen molar-refractivity contribution in [1.82, 2.24) is 0 Å². The summed E-state index contributed by atoms with van der Waals surface area (Å²) in [6.07, 6.45) is -0.389. The van der Waals surface area contributed by atoms with E-state index in [1.54, 1.807) is 0 Å². The second kappa shape index (κ2) is 19.5. The van der Waals surface area contributed by atoms with E-state index in [4.69, 9.17) is 60.1 Å². The van der Waals surface area contributed by atoms with E-state index in [0.29, 0.717) is 18.9 Å². The second-order valence-electron chi connectivity index (χ2n) is 11.2. The maximum Gasteiger partial charge on any atom is 0.460 e. The lowest BCUT2D eigenvalue weighted by Crippen LogP contribution is -2.70. The SMILES string of the molecule is FC(F)(F)C(F)(F)C(F)(F)C(F)(F)C(F)(F)C(F)(F)CCCOCCCCCCCC[Si](Cl)(Cl)CCCCCCCC[Si](Cl)(Cl)Cl. The minimum absolute atomic E-state index is 0.0397. The van der Waals surface area contributed by atoms with Crippen LogP contribution in [0, 0.1) is 0 Å². The normalized spacial score (nSPS) is 14.7. The molecular formula is C25H38Cl5F13OSi2. The summed E-state index contributed by atoms with van der Waals surface area (Å²) in [5, 5.41) is 0. The molecular weight excluding hydrogens is 797 g/mol. The van der Waals surface area contributed by atoms with Crippen LogP contribution in [0.25, 0.3) is 0 Å². The highest BCUT2D eigenvalue weighted by molar-refractivity contribution is 7.64. The number of halogens is 18. The zero-order valence-corrected chi connectivity index (χ0v) is 30.4. The Kier molecular flexibility index (Phi) is 19.9. The predicted molar refractivity (Wildman–Crippen MR) is 161 cm³/mol. The lowest BCUT2D eigenvalue weighted by Gasteiger charge is -2.39. The van der Waals surface area contributed by atoms with Gasteiger partial charge in [0.2, 0.25) is 0 Å². The maximum absolute atomic E-state index is 13.8. The molecule has 0 aromatic carbocycles. The lowest BCUT2D eigenvalue weighted by molar-refractivity contribution is -0.440. The van der Waals surface area contributed by atoms with Gasteiger partial charge in [0.25, 0.3) is 6.69 Å². The molecule has 0 unspecified atom stereocenters. The molecule has 0 radical (unpaired) electrons. The average molecular weight is 835 g/mol. The summed E-state index contributed by atoms with van der Waals surface area (Å²) in [5.74, 6) is -36.7. The van der Waals surface area contributed by atoms with Crippen molar-refractivity contribution in [2.45, 2.75) is 144 Å². The standard InChI is InChI=1S/C25H38Cl5F13OSi2/c26-45(27,18-11-7-3-4-8-12-19-46(28,29)30)17-10-6-2-1-5-9-15-44-16-13-14-20(31,32)21(33,34)22(35,36)23(37,38)24(39,40)25(41,42)43/h1-19H2. The monoisotopic (exact) mass is 832 g/mol. The van der Waals surface area contributed by atoms with Crippen molar-refractivity contribution in [3.05, 3.63) is 0 Å². The quantitative estimate of drug-likeness (QED) is 0.0365. The van der Waals surface area contributed by atoms with Crippen molar-refractivity contribution in [3.63, 3.8) is 0 Å². The van der Waals surface area contributed by atoms with Crippen LogP contribution in [0.5, 0.6) is 0 Å². The summed E-state index contributed by atoms with van der Waals surface area (Å²) in [6.45, 7) is -3.08. The summed E-state index contributed by atoms with van der Waals surface area (Å²) in [4.78, 5) is 0. The molecule has 0 spiro atoms. The van der Waals surface area contributed by atoms with E-state index in [0.717, 1.165) is 76.3 Å². The smallest absolute Gasteiger partial charge is 0.381 e. The van der Waals surface area contributed by atoms with Crippen LogP contribution in [0.3, 0.4) is 0 Å². The van der Waals surface area contributed by atoms with Gasteiger partial charge < -0.3 is 4.74 Å². The third-order valence-electron chi connectivity index (χ3n) is 7.11. The lowest BCUT2D eigenvalue weighted by atomic mass is 9.92. The van der Waals surface area contributed by atoms with Crippen molar-refractivity contribution in [1.29, 1.82) is 0 Å². The largest absolute Gasteiger partial charge is 0.460 e. The molecule has 0 amide bonds. The molecule has 0 aliphatic rings. The molecule has 1 nitrogen and oxygen atoms in total. The molecule has 0 fully saturated rings. The van der Waals surface area contributed by atoms with Gasteiger partial charge in [-0.2, -0.15) is 57.1 Å². The van der Waals surface area contributed by atoms with Gasteiger partial charge in [0, 0.05) is 19.6 Å². The van der Waals surface area contributed by atoms with Crippen molar-refractivity contribution < 1.29 is 61.8 Å². The number of hydrogen-bond acceptors (Lipinski definition) is 1. The van der Waals surface area contributed by atoms with Gasteiger partial charge in [-0.05, 0) is 31.0 Å². The molecule has 0 rings (SSSR count). The van der Waals surface area contributed by atoms with Gasteiger partial charge in [-0.1, -0.05) is 70.6 Å². The molecule has 0 bridgehead atoms. The van der Waals surface area contributed by atoms with Gasteiger partial charge in [-0.25, -0.2) is 0 Å². The van der Waals surface area contributed by atoms with Crippen molar-refractivity contribution in [2.75, 3.05) is 13.2 Å². The van der Waals surface area contributed by atoms with Crippen molar-refractivity contribution >= 4 is 68.1 Å². The molecule has 0 N–H and O–H groups in total. The molecule has 21 heteroatoms. The molecule has 0 aromatic heterocycles. The Bertz CT molecular complexity index is 861. The Balaban J connectivity index is 4.17.